The van der Waals surface area contributed by atoms with Crippen molar-refractivity contribution in [1.29, 1.82) is 0 Å². The molecule has 0 saturated heterocycles. The molecular formula is C8H10N2O4. The van der Waals surface area contributed by atoms with Gasteiger partial charge in [-0.05, 0) is 6.92 Å². The molecule has 0 bridgehead atoms. The molecule has 0 fully saturated rings. The molecule has 0 radical (unpaired) electrons. The van der Waals surface area contributed by atoms with Gasteiger partial charge < -0.3 is 9.84 Å². The molecule has 0 spiro atoms. The first-order valence-electron chi connectivity index (χ1n) is 4.05. The van der Waals surface area contributed by atoms with E-state index in [4.69, 9.17) is 9.84 Å². The Labute approximate surface area is 79.8 Å². The van der Waals surface area contributed by atoms with Crippen molar-refractivity contribution < 1.29 is 14.6 Å². The van der Waals surface area contributed by atoms with Gasteiger partial charge >= 0.3 is 11.5 Å². The average molecular weight is 198 g/mol. The summed E-state index contributed by atoms with van der Waals surface area (Å²) >= 11 is 0. The lowest BCUT2D eigenvalue weighted by Crippen LogP contribution is -2.25. The van der Waals surface area contributed by atoms with Crippen molar-refractivity contribution in [3.63, 3.8) is 0 Å². The van der Waals surface area contributed by atoms with Crippen molar-refractivity contribution in [2.45, 2.75) is 13.5 Å². The van der Waals surface area contributed by atoms with E-state index in [9.17, 15) is 9.59 Å². The van der Waals surface area contributed by atoms with Crippen LogP contribution >= 0.6 is 0 Å². The van der Waals surface area contributed by atoms with Crippen molar-refractivity contribution in [3.05, 3.63) is 22.7 Å². The van der Waals surface area contributed by atoms with Crippen LogP contribution in [0.4, 0.5) is 0 Å². The van der Waals surface area contributed by atoms with Crippen molar-refractivity contribution in [3.8, 4) is 5.88 Å². The number of ether oxygens (including phenoxy) is 1. The fourth-order valence-corrected chi connectivity index (χ4v) is 0.933. The number of hydrogen-bond donors (Lipinski definition) is 1. The van der Waals surface area contributed by atoms with Gasteiger partial charge in [-0.15, -0.1) is 0 Å². The topological polar surface area (TPSA) is 81.4 Å². The molecular weight excluding hydrogens is 188 g/mol. The third kappa shape index (κ3) is 2.32. The number of aromatic nitrogens is 2. The third-order valence-corrected chi connectivity index (χ3v) is 1.47. The van der Waals surface area contributed by atoms with Gasteiger partial charge in [-0.2, -0.15) is 0 Å². The molecule has 1 N–H and O–H groups in total. The lowest BCUT2D eigenvalue weighted by atomic mass is 10.5. The molecule has 1 heterocycles. The highest BCUT2D eigenvalue weighted by molar-refractivity contribution is 5.66. The quantitative estimate of drug-likeness (QED) is 0.720. The fraction of sp³-hybridized carbons (Fsp3) is 0.375. The number of nitrogens with zero attached hydrogens (tertiary/aromatic N) is 2. The summed E-state index contributed by atoms with van der Waals surface area (Å²) in [6.45, 7) is 1.65. The molecule has 14 heavy (non-hydrogen) atoms. The first-order chi connectivity index (χ1) is 6.65. The van der Waals surface area contributed by atoms with E-state index in [0.717, 1.165) is 4.57 Å². The largest absolute Gasteiger partial charge is 0.480 e. The molecule has 1 rings (SSSR count). The molecule has 0 aliphatic rings. The highest BCUT2D eigenvalue weighted by Gasteiger charge is 2.07. The lowest BCUT2D eigenvalue weighted by molar-refractivity contribution is -0.137. The molecule has 1 aromatic rings. The monoisotopic (exact) mass is 198 g/mol. The predicted molar refractivity (Wildman–Crippen MR) is 47.3 cm³/mol. The second kappa shape index (κ2) is 4.40. The minimum Gasteiger partial charge on any atom is -0.480 e. The van der Waals surface area contributed by atoms with E-state index in [1.807, 2.05) is 0 Å². The standard InChI is InChI=1S/C8H10N2O4/c1-2-14-7-8(13)10(4-3-9-7)5-6(11)12/h3-4H,2,5H2,1H3,(H,11,12). The molecule has 0 unspecified atom stereocenters. The zero-order valence-electron chi connectivity index (χ0n) is 7.64. The summed E-state index contributed by atoms with van der Waals surface area (Å²) in [4.78, 5) is 25.5. The predicted octanol–water partition coefficient (Wildman–Crippen LogP) is -0.273. The molecule has 0 saturated carbocycles. The Bertz CT molecular complexity index is 385. The normalized spacial score (nSPS) is 9.79. The number of carboxylic acids is 1. The summed E-state index contributed by atoms with van der Waals surface area (Å²) in [6, 6.07) is 0. The number of carboxylic acid groups (broad SMARTS) is 1. The van der Waals surface area contributed by atoms with Gasteiger partial charge in [0, 0.05) is 12.4 Å². The van der Waals surface area contributed by atoms with Gasteiger partial charge in [0.2, 0.25) is 0 Å². The van der Waals surface area contributed by atoms with E-state index in [2.05, 4.69) is 4.98 Å². The first-order valence-corrected chi connectivity index (χ1v) is 4.05. The molecule has 6 heteroatoms. The maximum atomic E-state index is 11.4. The van der Waals surface area contributed by atoms with Crippen LogP contribution in [0.3, 0.4) is 0 Å². The maximum absolute atomic E-state index is 11.4. The molecule has 1 aromatic heterocycles. The third-order valence-electron chi connectivity index (χ3n) is 1.47. The number of hydrogen-bond acceptors (Lipinski definition) is 4. The highest BCUT2D eigenvalue weighted by Crippen LogP contribution is 1.95. The summed E-state index contributed by atoms with van der Waals surface area (Å²) in [5.74, 6) is -1.16. The summed E-state index contributed by atoms with van der Waals surface area (Å²) in [5.41, 5.74) is -0.531. The van der Waals surface area contributed by atoms with E-state index >= 15 is 0 Å². The van der Waals surface area contributed by atoms with E-state index in [1.54, 1.807) is 6.92 Å². The Morgan fingerprint density at radius 3 is 3.00 bits per heavy atom. The van der Waals surface area contributed by atoms with Crippen LogP contribution in [0.15, 0.2) is 17.2 Å². The van der Waals surface area contributed by atoms with Crippen LogP contribution in [0, 0.1) is 0 Å². The van der Waals surface area contributed by atoms with Crippen LogP contribution in [0.1, 0.15) is 6.92 Å². The van der Waals surface area contributed by atoms with E-state index in [-0.39, 0.29) is 12.4 Å². The zero-order valence-corrected chi connectivity index (χ0v) is 7.64. The number of carbonyl (C=O) groups is 1. The minimum absolute atomic E-state index is 0.0729. The molecule has 0 amide bonds. The number of rotatable bonds is 4. The smallest absolute Gasteiger partial charge is 0.323 e. The molecule has 0 atom stereocenters. The van der Waals surface area contributed by atoms with Crippen molar-refractivity contribution in [2.24, 2.45) is 0 Å². The van der Waals surface area contributed by atoms with Gasteiger partial charge in [-0.25, -0.2) is 4.98 Å². The van der Waals surface area contributed by atoms with Gasteiger partial charge in [-0.1, -0.05) is 0 Å². The highest BCUT2D eigenvalue weighted by atomic mass is 16.5. The van der Waals surface area contributed by atoms with E-state index in [1.165, 1.54) is 12.4 Å². The molecule has 6 nitrogen and oxygen atoms in total. The zero-order chi connectivity index (χ0) is 10.6. The Balaban J connectivity index is 3.01. The van der Waals surface area contributed by atoms with Crippen LogP contribution < -0.4 is 10.3 Å². The SMILES string of the molecule is CCOc1nccn(CC(=O)O)c1=O. The summed E-state index contributed by atoms with van der Waals surface area (Å²) < 4.78 is 5.95. The summed E-state index contributed by atoms with van der Waals surface area (Å²) in [6.07, 6.45) is 2.63. The van der Waals surface area contributed by atoms with Crippen LogP contribution in [0.25, 0.3) is 0 Å². The van der Waals surface area contributed by atoms with E-state index < -0.39 is 11.5 Å². The van der Waals surface area contributed by atoms with Crippen LogP contribution in [0.5, 0.6) is 5.88 Å². The van der Waals surface area contributed by atoms with Crippen LogP contribution in [0.2, 0.25) is 0 Å². The Kier molecular flexibility index (Phi) is 3.22. The van der Waals surface area contributed by atoms with Crippen molar-refractivity contribution in [1.82, 2.24) is 9.55 Å². The Morgan fingerprint density at radius 2 is 2.43 bits per heavy atom. The fourth-order valence-electron chi connectivity index (χ4n) is 0.933. The Hall–Kier alpha value is -1.85. The minimum atomic E-state index is -1.08. The van der Waals surface area contributed by atoms with Gasteiger partial charge in [0.05, 0.1) is 6.61 Å². The lowest BCUT2D eigenvalue weighted by Gasteiger charge is -2.04. The van der Waals surface area contributed by atoms with Crippen molar-refractivity contribution in [2.75, 3.05) is 6.61 Å². The van der Waals surface area contributed by atoms with E-state index in [0.29, 0.717) is 6.61 Å². The molecule has 76 valence electrons. The second-order valence-electron chi connectivity index (χ2n) is 2.49. The second-order valence-corrected chi connectivity index (χ2v) is 2.49. The number of aliphatic carboxylic acids is 1. The van der Waals surface area contributed by atoms with Gasteiger partial charge in [0.25, 0.3) is 5.88 Å². The van der Waals surface area contributed by atoms with Crippen LogP contribution in [-0.4, -0.2) is 27.2 Å². The van der Waals surface area contributed by atoms with Gasteiger partial charge in [0.15, 0.2) is 0 Å². The summed E-state index contributed by atoms with van der Waals surface area (Å²) in [7, 11) is 0. The average Bonchev–Trinajstić information content (AvgIpc) is 2.11. The molecule has 0 aliphatic heterocycles. The Morgan fingerprint density at radius 1 is 1.71 bits per heavy atom. The van der Waals surface area contributed by atoms with Gasteiger partial charge in [0.1, 0.15) is 6.54 Å². The van der Waals surface area contributed by atoms with Crippen LogP contribution in [-0.2, 0) is 11.3 Å². The molecule has 0 aliphatic carbocycles. The first kappa shape index (κ1) is 10.2. The molecule has 0 aromatic carbocycles. The maximum Gasteiger partial charge on any atom is 0.323 e. The summed E-state index contributed by atoms with van der Waals surface area (Å²) in [5, 5.41) is 8.49. The van der Waals surface area contributed by atoms with Gasteiger partial charge in [-0.3, -0.25) is 14.2 Å². The van der Waals surface area contributed by atoms with Crippen molar-refractivity contribution >= 4 is 5.97 Å².